The van der Waals surface area contributed by atoms with Crippen molar-refractivity contribution in [3.05, 3.63) is 29.3 Å². The molecule has 0 aliphatic carbocycles. The number of rotatable bonds is 7. The average molecular weight is 376 g/mol. The molecule has 0 unspecified atom stereocenters. The van der Waals surface area contributed by atoms with E-state index in [4.69, 9.17) is 22.1 Å². The number of hydrogen-bond acceptors (Lipinski definition) is 5. The molecule has 0 bridgehead atoms. The topological polar surface area (TPSA) is 111 Å². The van der Waals surface area contributed by atoms with E-state index in [1.807, 2.05) is 0 Å². The molecular formula is C15H22ClN3O4S. The lowest BCUT2D eigenvalue weighted by Crippen LogP contribution is -2.50. The van der Waals surface area contributed by atoms with Crippen molar-refractivity contribution < 1.29 is 17.9 Å². The van der Waals surface area contributed by atoms with Crippen LogP contribution in [0.3, 0.4) is 0 Å². The molecule has 1 fully saturated rings. The highest BCUT2D eigenvalue weighted by molar-refractivity contribution is 7.89. The van der Waals surface area contributed by atoms with Gasteiger partial charge in [0.05, 0.1) is 10.3 Å². The highest BCUT2D eigenvalue weighted by Gasteiger charge is 2.38. The standard InChI is InChI=1S/C15H22ClN3O4S/c16-12-2-1-3-13(10-12)24(21,22)19-7-6-18-14(20)15(11-17)4-8-23-9-5-15/h1-3,10,19H,4-9,11,17H2,(H,18,20). The van der Waals surface area contributed by atoms with Crippen molar-refractivity contribution in [1.29, 1.82) is 0 Å². The Hall–Kier alpha value is -1.19. The number of sulfonamides is 1. The Bertz CT molecular complexity index is 675. The summed E-state index contributed by atoms with van der Waals surface area (Å²) < 4.78 is 32.0. The Balaban J connectivity index is 1.85. The third-order valence-electron chi connectivity index (χ3n) is 4.13. The Morgan fingerprint density at radius 1 is 1.29 bits per heavy atom. The zero-order valence-corrected chi connectivity index (χ0v) is 14.8. The quantitative estimate of drug-likeness (QED) is 0.601. The third kappa shape index (κ3) is 4.67. The van der Waals surface area contributed by atoms with Gasteiger partial charge in [-0.3, -0.25) is 4.79 Å². The zero-order chi connectivity index (χ0) is 17.6. The van der Waals surface area contributed by atoms with Crippen LogP contribution >= 0.6 is 11.6 Å². The molecule has 0 saturated carbocycles. The van der Waals surface area contributed by atoms with E-state index < -0.39 is 15.4 Å². The molecule has 134 valence electrons. The van der Waals surface area contributed by atoms with Gasteiger partial charge in [-0.15, -0.1) is 0 Å². The molecule has 1 aromatic rings. The number of amides is 1. The second kappa shape index (κ2) is 8.26. The van der Waals surface area contributed by atoms with Crippen LogP contribution in [0.25, 0.3) is 0 Å². The first-order valence-electron chi connectivity index (χ1n) is 7.71. The van der Waals surface area contributed by atoms with Crippen LogP contribution < -0.4 is 15.8 Å². The Morgan fingerprint density at radius 3 is 2.62 bits per heavy atom. The van der Waals surface area contributed by atoms with Crippen LogP contribution in [0.4, 0.5) is 0 Å². The number of carbonyl (C=O) groups is 1. The smallest absolute Gasteiger partial charge is 0.240 e. The first kappa shape index (κ1) is 19.1. The van der Waals surface area contributed by atoms with Crippen LogP contribution in [0, 0.1) is 5.41 Å². The molecule has 2 rings (SSSR count). The van der Waals surface area contributed by atoms with Gasteiger partial charge < -0.3 is 15.8 Å². The lowest BCUT2D eigenvalue weighted by molar-refractivity contribution is -0.135. The van der Waals surface area contributed by atoms with Crippen molar-refractivity contribution in [2.75, 3.05) is 32.8 Å². The van der Waals surface area contributed by atoms with Crippen molar-refractivity contribution in [2.24, 2.45) is 11.1 Å². The van der Waals surface area contributed by atoms with Gasteiger partial charge in [0.2, 0.25) is 15.9 Å². The van der Waals surface area contributed by atoms with Crippen LogP contribution in [0.2, 0.25) is 5.02 Å². The third-order valence-corrected chi connectivity index (χ3v) is 5.83. The van der Waals surface area contributed by atoms with Crippen molar-refractivity contribution in [3.8, 4) is 0 Å². The van der Waals surface area contributed by atoms with E-state index in [0.717, 1.165) is 0 Å². The second-order valence-corrected chi connectivity index (χ2v) is 7.91. The minimum Gasteiger partial charge on any atom is -0.381 e. The minimum absolute atomic E-state index is 0.0811. The van der Waals surface area contributed by atoms with Gasteiger partial charge in [0.15, 0.2) is 0 Å². The van der Waals surface area contributed by atoms with E-state index >= 15 is 0 Å². The van der Waals surface area contributed by atoms with Crippen LogP contribution in [0.5, 0.6) is 0 Å². The first-order chi connectivity index (χ1) is 11.4. The van der Waals surface area contributed by atoms with Crippen molar-refractivity contribution >= 4 is 27.5 Å². The maximum Gasteiger partial charge on any atom is 0.240 e. The summed E-state index contributed by atoms with van der Waals surface area (Å²) in [5.74, 6) is -0.157. The van der Waals surface area contributed by atoms with Gasteiger partial charge in [-0.05, 0) is 31.0 Å². The Labute approximate surface area is 146 Å². The molecular weight excluding hydrogens is 354 g/mol. The fourth-order valence-corrected chi connectivity index (χ4v) is 3.88. The molecule has 24 heavy (non-hydrogen) atoms. The van der Waals surface area contributed by atoms with Gasteiger partial charge in [-0.1, -0.05) is 17.7 Å². The van der Waals surface area contributed by atoms with E-state index in [0.29, 0.717) is 31.1 Å². The summed E-state index contributed by atoms with van der Waals surface area (Å²) in [6, 6.07) is 5.99. The normalized spacial score (nSPS) is 17.4. The van der Waals surface area contributed by atoms with E-state index in [-0.39, 0.29) is 30.4 Å². The Kier molecular flexibility index (Phi) is 6.59. The summed E-state index contributed by atoms with van der Waals surface area (Å²) in [6.07, 6.45) is 1.15. The van der Waals surface area contributed by atoms with Crippen LogP contribution in [-0.2, 0) is 19.6 Å². The number of benzene rings is 1. The molecule has 1 heterocycles. The van der Waals surface area contributed by atoms with Crippen LogP contribution in [0.15, 0.2) is 29.2 Å². The van der Waals surface area contributed by atoms with E-state index in [9.17, 15) is 13.2 Å². The average Bonchev–Trinajstić information content (AvgIpc) is 2.59. The molecule has 1 amide bonds. The summed E-state index contributed by atoms with van der Waals surface area (Å²) in [6.45, 7) is 1.52. The number of nitrogens with one attached hydrogen (secondary N) is 2. The molecule has 7 nitrogen and oxygen atoms in total. The molecule has 0 radical (unpaired) electrons. The van der Waals surface area contributed by atoms with Gasteiger partial charge in [0.25, 0.3) is 0 Å². The lowest BCUT2D eigenvalue weighted by atomic mass is 9.79. The lowest BCUT2D eigenvalue weighted by Gasteiger charge is -2.34. The minimum atomic E-state index is -3.66. The fourth-order valence-electron chi connectivity index (χ4n) is 2.55. The molecule has 1 aromatic carbocycles. The summed E-state index contributed by atoms with van der Waals surface area (Å²) in [5.41, 5.74) is 5.14. The summed E-state index contributed by atoms with van der Waals surface area (Å²) in [7, 11) is -3.66. The van der Waals surface area contributed by atoms with Crippen molar-refractivity contribution in [3.63, 3.8) is 0 Å². The van der Waals surface area contributed by atoms with Gasteiger partial charge >= 0.3 is 0 Å². The number of carbonyl (C=O) groups excluding carboxylic acids is 1. The zero-order valence-electron chi connectivity index (χ0n) is 13.3. The van der Waals surface area contributed by atoms with Crippen LogP contribution in [-0.4, -0.2) is 47.2 Å². The fraction of sp³-hybridized carbons (Fsp3) is 0.533. The largest absolute Gasteiger partial charge is 0.381 e. The maximum absolute atomic E-state index is 12.3. The SMILES string of the molecule is NCC1(C(=O)NCCNS(=O)(=O)c2cccc(Cl)c2)CCOCC1. The maximum atomic E-state index is 12.3. The first-order valence-corrected chi connectivity index (χ1v) is 9.57. The molecule has 0 atom stereocenters. The number of halogens is 1. The van der Waals surface area contributed by atoms with Gasteiger partial charge in [-0.2, -0.15) is 0 Å². The van der Waals surface area contributed by atoms with Gasteiger partial charge in [0.1, 0.15) is 0 Å². The van der Waals surface area contributed by atoms with Crippen molar-refractivity contribution in [2.45, 2.75) is 17.7 Å². The summed E-state index contributed by atoms with van der Waals surface area (Å²) in [5, 5.41) is 3.10. The highest BCUT2D eigenvalue weighted by Crippen LogP contribution is 2.29. The molecule has 1 aliphatic heterocycles. The predicted molar refractivity (Wildman–Crippen MR) is 91.2 cm³/mol. The molecule has 0 spiro atoms. The summed E-state index contributed by atoms with van der Waals surface area (Å²) >= 11 is 5.80. The molecule has 0 aromatic heterocycles. The number of nitrogens with two attached hydrogens (primary N) is 1. The number of hydrogen-bond donors (Lipinski definition) is 3. The van der Waals surface area contributed by atoms with E-state index in [1.165, 1.54) is 12.1 Å². The van der Waals surface area contributed by atoms with Crippen LogP contribution in [0.1, 0.15) is 12.8 Å². The molecule has 1 aliphatic rings. The molecule has 1 saturated heterocycles. The van der Waals surface area contributed by atoms with Crippen molar-refractivity contribution in [1.82, 2.24) is 10.0 Å². The monoisotopic (exact) mass is 375 g/mol. The summed E-state index contributed by atoms with van der Waals surface area (Å²) in [4.78, 5) is 12.4. The number of ether oxygens (including phenoxy) is 1. The second-order valence-electron chi connectivity index (χ2n) is 5.71. The Morgan fingerprint density at radius 2 is 2.00 bits per heavy atom. The molecule has 4 N–H and O–H groups in total. The highest BCUT2D eigenvalue weighted by atomic mass is 35.5. The predicted octanol–water partition coefficient (Wildman–Crippen LogP) is 0.490. The van der Waals surface area contributed by atoms with Gasteiger partial charge in [0, 0.05) is 37.9 Å². The van der Waals surface area contributed by atoms with E-state index in [1.54, 1.807) is 12.1 Å². The van der Waals surface area contributed by atoms with Gasteiger partial charge in [-0.25, -0.2) is 13.1 Å². The van der Waals surface area contributed by atoms with E-state index in [2.05, 4.69) is 10.0 Å². The molecule has 9 heteroatoms.